The number of fused-ring (bicyclic) bond motifs is 3. The fraction of sp³-hybridized carbons (Fsp3) is 0.571. The second-order valence-corrected chi connectivity index (χ2v) is 20.0. The number of ether oxygens (including phenoxy) is 3. The number of amides is 4. The molecule has 3 fully saturated rings. The van der Waals surface area contributed by atoms with E-state index in [1.54, 1.807) is 55.7 Å². The number of methoxy groups -OCH3 is 1. The average Bonchev–Trinajstić information content (AvgIpc) is 3.94. The van der Waals surface area contributed by atoms with Crippen LogP contribution in [0, 0.1) is 17.8 Å². The Bertz CT molecular complexity index is 2370. The molecule has 2 aliphatic carbocycles. The summed E-state index contributed by atoms with van der Waals surface area (Å²) in [6.07, 6.45) is 1.80. The van der Waals surface area contributed by atoms with Crippen molar-refractivity contribution in [2.45, 2.75) is 120 Å². The van der Waals surface area contributed by atoms with Gasteiger partial charge in [-0.2, -0.15) is 18.3 Å². The summed E-state index contributed by atoms with van der Waals surface area (Å²) < 4.78 is 87.5. The number of carbonyl (C=O) groups excluding carboxylic acids is 4. The SMILES string of the molecule is COc1ccc2c(OC3CC4C(=O)NC5(C(=O)NS(=O)(=O)C6(C)CC6)CC5C=CCCC(C)CC(C)C(NC(=O)OC(C)(C)C(F)(F)F)C(=O)N4C3)cc(-n3cccn3)nc2c1. The van der Waals surface area contributed by atoms with Crippen molar-refractivity contribution >= 4 is 44.7 Å². The Hall–Kier alpha value is -5.40. The van der Waals surface area contributed by atoms with Crippen LogP contribution in [0.1, 0.15) is 79.6 Å². The van der Waals surface area contributed by atoms with Gasteiger partial charge in [-0.05, 0) is 89.3 Å². The monoisotopic (exact) mass is 887 g/mol. The number of nitrogens with one attached hydrogen (secondary N) is 3. The Kier molecular flexibility index (Phi) is 11.8. The summed E-state index contributed by atoms with van der Waals surface area (Å²) in [4.78, 5) is 62.7. The van der Waals surface area contributed by atoms with E-state index in [2.05, 4.69) is 20.5 Å². The van der Waals surface area contributed by atoms with Gasteiger partial charge in [-0.1, -0.05) is 26.0 Å². The maximum Gasteiger partial charge on any atom is 0.427 e. The van der Waals surface area contributed by atoms with Crippen molar-refractivity contribution < 1.29 is 55.0 Å². The van der Waals surface area contributed by atoms with E-state index in [4.69, 9.17) is 19.2 Å². The van der Waals surface area contributed by atoms with Crippen molar-refractivity contribution in [3.05, 3.63) is 54.9 Å². The number of aromatic nitrogens is 3. The molecule has 7 atom stereocenters. The van der Waals surface area contributed by atoms with Crippen molar-refractivity contribution in [3.63, 3.8) is 0 Å². The van der Waals surface area contributed by atoms with E-state index in [0.29, 0.717) is 74.2 Å². The van der Waals surface area contributed by atoms with E-state index in [1.807, 2.05) is 13.0 Å². The van der Waals surface area contributed by atoms with Crippen LogP contribution < -0.4 is 24.8 Å². The molecule has 1 aromatic carbocycles. The normalized spacial score (nSPS) is 27.8. The van der Waals surface area contributed by atoms with E-state index < -0.39 is 85.9 Å². The van der Waals surface area contributed by atoms with Crippen LogP contribution in [0.5, 0.6) is 11.5 Å². The van der Waals surface area contributed by atoms with Gasteiger partial charge in [0.1, 0.15) is 35.2 Å². The first kappa shape index (κ1) is 44.6. The number of nitrogens with zero attached hydrogens (tertiary/aromatic N) is 4. The minimum Gasteiger partial charge on any atom is -0.497 e. The van der Waals surface area contributed by atoms with E-state index in [0.717, 1.165) is 0 Å². The van der Waals surface area contributed by atoms with Gasteiger partial charge in [0.05, 0.1) is 23.9 Å². The van der Waals surface area contributed by atoms with Gasteiger partial charge in [0.15, 0.2) is 5.82 Å². The first-order valence-corrected chi connectivity index (χ1v) is 22.1. The molecule has 2 saturated carbocycles. The first-order valence-electron chi connectivity index (χ1n) is 20.6. The maximum absolute atomic E-state index is 14.9. The number of benzene rings is 1. The minimum atomic E-state index is -4.93. The lowest BCUT2D eigenvalue weighted by Crippen LogP contribution is -2.59. The van der Waals surface area contributed by atoms with Gasteiger partial charge in [-0.25, -0.2) is 22.9 Å². The summed E-state index contributed by atoms with van der Waals surface area (Å²) in [5.41, 5.74) is -4.08. The van der Waals surface area contributed by atoms with Crippen LogP contribution >= 0.6 is 0 Å². The fourth-order valence-corrected chi connectivity index (χ4v) is 9.44. The van der Waals surface area contributed by atoms with Crippen LogP contribution in [-0.2, 0) is 29.1 Å². The summed E-state index contributed by atoms with van der Waals surface area (Å²) in [5, 5.41) is 10.1. The standard InChI is InChI=1S/C42H52F3N7O9S/c1-24-10-7-8-11-26-22-41(26,37(55)50-62(57,58)40(5)14-15-40)49-35(53)31-20-28(23-51(31)36(54)34(25(2)18-24)48-38(56)61-39(3,4)42(43,44)45)60-32-21-33(52-17-9-16-46-52)47-30-19-27(59-6)12-13-29(30)32/h8-9,11-13,16-17,19,21,24-26,28,31,34H,7,10,14-15,18,20,22-23H2,1-6H3,(H,48,56)(H,49,53)(H,50,55). The van der Waals surface area contributed by atoms with E-state index >= 15 is 0 Å². The number of pyridine rings is 1. The van der Waals surface area contributed by atoms with Gasteiger partial charge in [-0.3, -0.25) is 19.1 Å². The molecule has 7 rings (SSSR count). The van der Waals surface area contributed by atoms with Crippen LogP contribution in [0.4, 0.5) is 18.0 Å². The molecule has 4 aliphatic rings. The van der Waals surface area contributed by atoms with Crippen molar-refractivity contribution in [1.29, 1.82) is 0 Å². The molecular formula is C42H52F3N7O9S. The first-order chi connectivity index (χ1) is 29.1. The average molecular weight is 888 g/mol. The topological polar surface area (TPSA) is 200 Å². The Morgan fingerprint density at radius 2 is 1.82 bits per heavy atom. The van der Waals surface area contributed by atoms with Crippen molar-refractivity contribution in [2.75, 3.05) is 13.7 Å². The second-order valence-electron chi connectivity index (χ2n) is 17.8. The number of halogens is 3. The highest BCUT2D eigenvalue weighted by molar-refractivity contribution is 7.91. The van der Waals surface area contributed by atoms with Gasteiger partial charge >= 0.3 is 12.3 Å². The number of hydrogen-bond acceptors (Lipinski definition) is 11. The van der Waals surface area contributed by atoms with E-state index in [9.17, 15) is 40.8 Å². The number of alkyl carbamates (subject to hydrolysis) is 1. The van der Waals surface area contributed by atoms with Gasteiger partial charge in [0, 0.05) is 42.3 Å². The van der Waals surface area contributed by atoms with Gasteiger partial charge in [0.25, 0.3) is 5.91 Å². The van der Waals surface area contributed by atoms with Crippen LogP contribution in [0.3, 0.4) is 0 Å². The van der Waals surface area contributed by atoms with Crippen LogP contribution in [0.15, 0.2) is 54.9 Å². The lowest BCUT2D eigenvalue weighted by molar-refractivity contribution is -0.244. The molecule has 1 saturated heterocycles. The Morgan fingerprint density at radius 1 is 1.08 bits per heavy atom. The third-order valence-corrected chi connectivity index (χ3v) is 14.7. The summed E-state index contributed by atoms with van der Waals surface area (Å²) in [6.45, 7) is 6.31. The smallest absolute Gasteiger partial charge is 0.427 e. The molecule has 7 unspecified atom stereocenters. The largest absolute Gasteiger partial charge is 0.497 e. The number of carbonyl (C=O) groups is 4. The number of hydrogen-bond donors (Lipinski definition) is 3. The predicted octanol–water partition coefficient (Wildman–Crippen LogP) is 5.10. The molecule has 4 amide bonds. The van der Waals surface area contributed by atoms with Crippen molar-refractivity contribution in [2.24, 2.45) is 17.8 Å². The lowest BCUT2D eigenvalue weighted by atomic mass is 9.88. The molecule has 20 heteroatoms. The van der Waals surface area contributed by atoms with E-state index in [-0.39, 0.29) is 25.3 Å². The van der Waals surface area contributed by atoms with Crippen molar-refractivity contribution in [1.82, 2.24) is 35.0 Å². The van der Waals surface area contributed by atoms with Crippen molar-refractivity contribution in [3.8, 4) is 17.3 Å². The zero-order valence-electron chi connectivity index (χ0n) is 35.3. The summed E-state index contributed by atoms with van der Waals surface area (Å²) >= 11 is 0. The molecule has 0 bridgehead atoms. The van der Waals surface area contributed by atoms with Gasteiger partial charge < -0.3 is 29.7 Å². The Labute approximate surface area is 357 Å². The van der Waals surface area contributed by atoms with Crippen LogP contribution in [-0.4, -0.2) is 106 Å². The second kappa shape index (κ2) is 16.4. The van der Waals surface area contributed by atoms with Crippen LogP contribution in [0.2, 0.25) is 0 Å². The fourth-order valence-electron chi connectivity index (χ4n) is 8.13. The van der Waals surface area contributed by atoms with E-state index in [1.165, 1.54) is 23.6 Å². The molecule has 2 aliphatic heterocycles. The molecule has 336 valence electrons. The molecule has 3 aromatic rings. The number of alkyl halides is 3. The molecule has 16 nitrogen and oxygen atoms in total. The molecular weight excluding hydrogens is 836 g/mol. The zero-order valence-corrected chi connectivity index (χ0v) is 36.1. The highest BCUT2D eigenvalue weighted by atomic mass is 32.2. The minimum absolute atomic E-state index is 0.0519. The third-order valence-electron chi connectivity index (χ3n) is 12.6. The molecule has 4 heterocycles. The Morgan fingerprint density at radius 3 is 2.48 bits per heavy atom. The third kappa shape index (κ3) is 8.92. The number of sulfonamides is 1. The molecule has 62 heavy (non-hydrogen) atoms. The number of allylic oxidation sites excluding steroid dienone is 1. The van der Waals surface area contributed by atoms with Gasteiger partial charge in [-0.15, -0.1) is 0 Å². The highest BCUT2D eigenvalue weighted by Gasteiger charge is 2.63. The Balaban J connectivity index is 1.26. The molecule has 2 aromatic heterocycles. The number of rotatable bonds is 9. The quantitative estimate of drug-likeness (QED) is 0.242. The summed E-state index contributed by atoms with van der Waals surface area (Å²) in [5.74, 6) is -2.53. The summed E-state index contributed by atoms with van der Waals surface area (Å²) in [7, 11) is -2.59. The van der Waals surface area contributed by atoms with Gasteiger partial charge in [0.2, 0.25) is 27.4 Å². The van der Waals surface area contributed by atoms with Crippen LogP contribution in [0.25, 0.3) is 16.7 Å². The lowest BCUT2D eigenvalue weighted by Gasteiger charge is -2.34. The summed E-state index contributed by atoms with van der Waals surface area (Å²) in [6, 6.07) is 5.72. The molecule has 0 radical (unpaired) electrons. The predicted molar refractivity (Wildman–Crippen MR) is 218 cm³/mol. The zero-order chi connectivity index (χ0) is 45.0. The maximum atomic E-state index is 14.9. The molecule has 0 spiro atoms. The molecule has 3 N–H and O–H groups in total. The highest BCUT2D eigenvalue weighted by Crippen LogP contribution is 2.48.